The quantitative estimate of drug-likeness (QED) is 0.814. The first-order chi connectivity index (χ1) is 10.4. The molecule has 0 aromatic heterocycles. The lowest BCUT2D eigenvalue weighted by Gasteiger charge is -2.27. The van der Waals surface area contributed by atoms with Crippen molar-refractivity contribution in [2.45, 2.75) is 44.6 Å². The summed E-state index contributed by atoms with van der Waals surface area (Å²) in [5, 5.41) is 3.77. The maximum Gasteiger partial charge on any atom is 0.119 e. The molecule has 1 aliphatic carbocycles. The Balaban J connectivity index is 1.50. The summed E-state index contributed by atoms with van der Waals surface area (Å²) < 4.78 is 5.35. The summed E-state index contributed by atoms with van der Waals surface area (Å²) in [6, 6.07) is 7.11. The highest BCUT2D eigenvalue weighted by molar-refractivity contribution is 5.39. The Hall–Kier alpha value is -1.06. The molecule has 1 unspecified atom stereocenters. The van der Waals surface area contributed by atoms with Crippen LogP contribution in [0.4, 0.5) is 0 Å². The van der Waals surface area contributed by atoms with Crippen LogP contribution >= 0.6 is 0 Å². The van der Waals surface area contributed by atoms with Gasteiger partial charge in [-0.2, -0.15) is 0 Å². The number of benzene rings is 1. The van der Waals surface area contributed by atoms with Crippen molar-refractivity contribution in [2.24, 2.45) is 0 Å². The molecule has 3 rings (SSSR count). The molecule has 2 aliphatic rings. The Kier molecular flexibility index (Phi) is 5.15. The second kappa shape index (κ2) is 7.28. The third kappa shape index (κ3) is 3.78. The fourth-order valence-electron chi connectivity index (χ4n) is 3.71. The van der Waals surface area contributed by atoms with Crippen LogP contribution in [0.2, 0.25) is 0 Å². The molecule has 1 heterocycles. The van der Waals surface area contributed by atoms with Gasteiger partial charge in [0, 0.05) is 6.04 Å². The molecule has 0 spiro atoms. The van der Waals surface area contributed by atoms with E-state index in [1.165, 1.54) is 69.3 Å². The van der Waals surface area contributed by atoms with Gasteiger partial charge in [-0.1, -0.05) is 6.07 Å². The number of ether oxygens (including phenoxy) is 1. The fraction of sp³-hybridized carbons (Fsp3) is 0.667. The fourth-order valence-corrected chi connectivity index (χ4v) is 3.71. The lowest BCUT2D eigenvalue weighted by Crippen LogP contribution is -2.29. The Labute approximate surface area is 128 Å². The molecule has 116 valence electrons. The Morgan fingerprint density at radius 2 is 2.10 bits per heavy atom. The number of hydrogen-bond donors (Lipinski definition) is 1. The summed E-state index contributed by atoms with van der Waals surface area (Å²) in [6.45, 7) is 5.01. The molecule has 1 aromatic carbocycles. The van der Waals surface area contributed by atoms with Crippen molar-refractivity contribution in [2.75, 3.05) is 33.3 Å². The molecule has 1 saturated heterocycles. The molecule has 21 heavy (non-hydrogen) atoms. The van der Waals surface area contributed by atoms with Gasteiger partial charge in [0.05, 0.1) is 7.11 Å². The van der Waals surface area contributed by atoms with Crippen LogP contribution in [-0.2, 0) is 6.42 Å². The average Bonchev–Trinajstić information content (AvgIpc) is 3.04. The van der Waals surface area contributed by atoms with E-state index in [-0.39, 0.29) is 0 Å². The topological polar surface area (TPSA) is 24.5 Å². The van der Waals surface area contributed by atoms with Crippen LogP contribution in [0.5, 0.6) is 5.75 Å². The summed E-state index contributed by atoms with van der Waals surface area (Å²) >= 11 is 0. The molecule has 0 bridgehead atoms. The molecule has 1 N–H and O–H groups in total. The van der Waals surface area contributed by atoms with Crippen molar-refractivity contribution in [3.05, 3.63) is 29.3 Å². The third-order valence-corrected chi connectivity index (χ3v) is 4.91. The minimum Gasteiger partial charge on any atom is -0.497 e. The van der Waals surface area contributed by atoms with Gasteiger partial charge < -0.3 is 15.0 Å². The van der Waals surface area contributed by atoms with E-state index in [1.807, 2.05) is 0 Å². The van der Waals surface area contributed by atoms with Crippen LogP contribution < -0.4 is 10.1 Å². The number of nitrogens with one attached hydrogen (secondary N) is 1. The smallest absolute Gasteiger partial charge is 0.119 e. The number of nitrogens with zero attached hydrogens (tertiary/aromatic N) is 1. The molecule has 1 aromatic rings. The number of fused-ring (bicyclic) bond motifs is 1. The Morgan fingerprint density at radius 3 is 2.90 bits per heavy atom. The van der Waals surface area contributed by atoms with E-state index in [1.54, 1.807) is 7.11 Å². The molecular formula is C18H28N2O. The zero-order chi connectivity index (χ0) is 14.5. The van der Waals surface area contributed by atoms with Crippen LogP contribution in [0, 0.1) is 0 Å². The van der Waals surface area contributed by atoms with Gasteiger partial charge >= 0.3 is 0 Å². The largest absolute Gasteiger partial charge is 0.497 e. The maximum atomic E-state index is 5.35. The minimum atomic E-state index is 0.540. The summed E-state index contributed by atoms with van der Waals surface area (Å²) in [7, 11) is 1.75. The van der Waals surface area contributed by atoms with E-state index in [0.29, 0.717) is 6.04 Å². The first-order valence-electron chi connectivity index (χ1n) is 8.49. The van der Waals surface area contributed by atoms with Crippen LogP contribution in [0.1, 0.15) is 49.3 Å². The summed E-state index contributed by atoms with van der Waals surface area (Å²) in [5.74, 6) is 0.989. The predicted octanol–water partition coefficient (Wildman–Crippen LogP) is 3.15. The van der Waals surface area contributed by atoms with Crippen molar-refractivity contribution < 1.29 is 4.74 Å². The second-order valence-electron chi connectivity index (χ2n) is 6.37. The minimum absolute atomic E-state index is 0.540. The number of hydrogen-bond acceptors (Lipinski definition) is 3. The Bertz CT molecular complexity index is 455. The van der Waals surface area contributed by atoms with Gasteiger partial charge in [0.15, 0.2) is 0 Å². The van der Waals surface area contributed by atoms with Crippen LogP contribution in [0.3, 0.4) is 0 Å². The van der Waals surface area contributed by atoms with Crippen molar-refractivity contribution >= 4 is 0 Å². The molecule has 1 fully saturated rings. The first kappa shape index (κ1) is 14.9. The van der Waals surface area contributed by atoms with Gasteiger partial charge in [-0.15, -0.1) is 0 Å². The zero-order valence-electron chi connectivity index (χ0n) is 13.2. The van der Waals surface area contributed by atoms with E-state index in [4.69, 9.17) is 4.74 Å². The van der Waals surface area contributed by atoms with E-state index in [9.17, 15) is 0 Å². The molecule has 3 heteroatoms. The van der Waals surface area contributed by atoms with Gasteiger partial charge in [0.2, 0.25) is 0 Å². The lowest BCUT2D eigenvalue weighted by molar-refractivity contribution is 0.325. The van der Waals surface area contributed by atoms with Gasteiger partial charge in [-0.3, -0.25) is 0 Å². The highest BCUT2D eigenvalue weighted by Crippen LogP contribution is 2.32. The summed E-state index contributed by atoms with van der Waals surface area (Å²) in [4.78, 5) is 2.60. The summed E-state index contributed by atoms with van der Waals surface area (Å²) in [6.07, 6.45) is 7.80. The number of rotatable bonds is 6. The normalized spacial score (nSPS) is 22.2. The number of likely N-dealkylation sites (tertiary alicyclic amines) is 1. The number of methoxy groups -OCH3 is 1. The lowest BCUT2D eigenvalue weighted by atomic mass is 9.87. The highest BCUT2D eigenvalue weighted by Gasteiger charge is 2.20. The van der Waals surface area contributed by atoms with Gasteiger partial charge in [0.1, 0.15) is 5.75 Å². The van der Waals surface area contributed by atoms with E-state index >= 15 is 0 Å². The van der Waals surface area contributed by atoms with Gasteiger partial charge in [-0.05, 0) is 88.0 Å². The van der Waals surface area contributed by atoms with E-state index in [0.717, 1.165) is 12.3 Å². The molecule has 1 aliphatic heterocycles. The van der Waals surface area contributed by atoms with Crippen molar-refractivity contribution in [1.82, 2.24) is 10.2 Å². The van der Waals surface area contributed by atoms with Crippen molar-refractivity contribution in [1.29, 1.82) is 0 Å². The maximum absolute atomic E-state index is 5.35. The van der Waals surface area contributed by atoms with Crippen LogP contribution in [-0.4, -0.2) is 38.2 Å². The van der Waals surface area contributed by atoms with Gasteiger partial charge in [0.25, 0.3) is 0 Å². The van der Waals surface area contributed by atoms with Crippen molar-refractivity contribution in [3.63, 3.8) is 0 Å². The van der Waals surface area contributed by atoms with Gasteiger partial charge in [-0.25, -0.2) is 0 Å². The Morgan fingerprint density at radius 1 is 1.24 bits per heavy atom. The average molecular weight is 288 g/mol. The molecule has 0 amide bonds. The first-order valence-corrected chi connectivity index (χ1v) is 8.49. The van der Waals surface area contributed by atoms with Crippen LogP contribution in [0.25, 0.3) is 0 Å². The van der Waals surface area contributed by atoms with Crippen molar-refractivity contribution in [3.8, 4) is 5.75 Å². The predicted molar refractivity (Wildman–Crippen MR) is 87.0 cm³/mol. The highest BCUT2D eigenvalue weighted by atomic mass is 16.5. The standard InChI is InChI=1S/C18H28N2O/c1-21-16-8-9-17-15(14-16)6-4-7-18(17)19-10-5-13-20-11-2-3-12-20/h8-9,14,18-19H,2-7,10-13H2,1H3. The third-order valence-electron chi connectivity index (χ3n) is 4.91. The summed E-state index contributed by atoms with van der Waals surface area (Å²) in [5.41, 5.74) is 2.96. The van der Waals surface area contributed by atoms with E-state index < -0.39 is 0 Å². The zero-order valence-corrected chi connectivity index (χ0v) is 13.2. The monoisotopic (exact) mass is 288 g/mol. The second-order valence-corrected chi connectivity index (χ2v) is 6.37. The SMILES string of the molecule is COc1ccc2c(c1)CCCC2NCCCN1CCCC1. The molecular weight excluding hydrogens is 260 g/mol. The molecule has 0 saturated carbocycles. The molecule has 1 atom stereocenters. The molecule has 0 radical (unpaired) electrons. The van der Waals surface area contributed by atoms with Crippen LogP contribution in [0.15, 0.2) is 18.2 Å². The van der Waals surface area contributed by atoms with E-state index in [2.05, 4.69) is 28.4 Å². The molecule has 3 nitrogen and oxygen atoms in total. The number of aryl methyl sites for hydroxylation is 1.